The van der Waals surface area contributed by atoms with Crippen LogP contribution in [0.25, 0.3) is 5.70 Å². The number of halogens is 3. The second kappa shape index (κ2) is 11.1. The van der Waals surface area contributed by atoms with E-state index in [1.54, 1.807) is 11.7 Å². The Balaban J connectivity index is 0.00000181. The number of aliphatic imine (C=N–C) groups is 1. The Morgan fingerprint density at radius 2 is 1.81 bits per heavy atom. The lowest BCUT2D eigenvalue weighted by molar-refractivity contribution is 0.314. The number of nitrogens with zero attached hydrogens (tertiary/aromatic N) is 2. The summed E-state index contributed by atoms with van der Waals surface area (Å²) in [7, 11) is -5.71. The minimum absolute atomic E-state index is 0. The highest BCUT2D eigenvalue weighted by Gasteiger charge is 2.34. The number of nitrogens with two attached hydrogens (primary N) is 1. The van der Waals surface area contributed by atoms with Crippen LogP contribution in [-0.2, 0) is 10.0 Å². The van der Waals surface area contributed by atoms with Crippen molar-refractivity contribution in [3.8, 4) is 0 Å². The fourth-order valence-corrected chi connectivity index (χ4v) is 7.72. The van der Waals surface area contributed by atoms with Crippen LogP contribution >= 0.6 is 35.0 Å². The van der Waals surface area contributed by atoms with Crippen LogP contribution in [0.1, 0.15) is 31.4 Å². The predicted molar refractivity (Wildman–Crippen MR) is 134 cm³/mol. The maximum absolute atomic E-state index is 14.1. The molecule has 0 saturated heterocycles. The van der Waals surface area contributed by atoms with E-state index in [1.807, 2.05) is 23.6 Å². The van der Waals surface area contributed by atoms with E-state index < -0.39 is 26.1 Å². The van der Waals surface area contributed by atoms with E-state index in [-0.39, 0.29) is 41.7 Å². The molecule has 1 saturated carbocycles. The van der Waals surface area contributed by atoms with E-state index in [1.165, 1.54) is 18.2 Å². The van der Waals surface area contributed by atoms with Gasteiger partial charge in [0.15, 0.2) is 0 Å². The summed E-state index contributed by atoms with van der Waals surface area (Å²) in [5, 5.41) is 8.65. The van der Waals surface area contributed by atoms with E-state index in [2.05, 4.69) is 14.7 Å². The lowest BCUT2D eigenvalue weighted by Gasteiger charge is -2.37. The van der Waals surface area contributed by atoms with Crippen LogP contribution in [-0.4, -0.2) is 30.7 Å². The maximum atomic E-state index is 14.1. The molecular weight excluding hydrogens is 494 g/mol. The fourth-order valence-electron chi connectivity index (χ4n) is 4.01. The van der Waals surface area contributed by atoms with E-state index in [9.17, 15) is 12.8 Å². The third-order valence-corrected chi connectivity index (χ3v) is 9.18. The molecule has 1 aromatic heterocycles. The van der Waals surface area contributed by atoms with Crippen molar-refractivity contribution < 1.29 is 12.8 Å². The van der Waals surface area contributed by atoms with Crippen molar-refractivity contribution in [3.63, 3.8) is 0 Å². The highest BCUT2D eigenvalue weighted by Crippen LogP contribution is 2.49. The molecule has 0 radical (unpaired) electrons. The molecule has 1 aliphatic heterocycles. The Morgan fingerprint density at radius 3 is 2.53 bits per heavy atom. The maximum Gasteiger partial charge on any atom is 0.243 e. The first kappa shape index (κ1) is 26.8. The summed E-state index contributed by atoms with van der Waals surface area (Å²) in [6, 6.07) is 10.8. The number of rotatable bonds is 6. The Morgan fingerprint density at radius 1 is 1.09 bits per heavy atom. The molecule has 11 heteroatoms. The van der Waals surface area contributed by atoms with Crippen molar-refractivity contribution in [2.75, 3.05) is 5.75 Å². The molecule has 1 fully saturated rings. The van der Waals surface area contributed by atoms with Gasteiger partial charge in [0.1, 0.15) is 10.7 Å². The summed E-state index contributed by atoms with van der Waals surface area (Å²) in [4.78, 5) is 8.49. The van der Waals surface area contributed by atoms with Crippen LogP contribution in [0.15, 0.2) is 64.0 Å². The van der Waals surface area contributed by atoms with Gasteiger partial charge in [-0.3, -0.25) is 10.1 Å². The molecule has 0 spiro atoms. The molecule has 0 amide bonds. The van der Waals surface area contributed by atoms with Gasteiger partial charge in [0.05, 0.1) is 16.9 Å². The zero-order valence-corrected chi connectivity index (χ0v) is 20.5. The number of sulfonamides is 1. The third kappa shape index (κ3) is 6.09. The third-order valence-electron chi connectivity index (χ3n) is 5.49. The molecule has 2 aromatic rings. The predicted octanol–water partition coefficient (Wildman–Crippen LogP) is 4.62. The molecule has 32 heavy (non-hydrogen) atoms. The first-order chi connectivity index (χ1) is 14.4. The number of nitrogens with one attached hydrogen (secondary N) is 1. The van der Waals surface area contributed by atoms with Gasteiger partial charge in [-0.2, -0.15) is 0 Å². The van der Waals surface area contributed by atoms with Gasteiger partial charge in [-0.1, -0.05) is 31.0 Å². The molecule has 176 valence electrons. The van der Waals surface area contributed by atoms with Crippen LogP contribution in [0, 0.1) is 11.7 Å². The largest absolute Gasteiger partial charge is 0.287 e. The van der Waals surface area contributed by atoms with Crippen LogP contribution in [0.3, 0.4) is 0 Å². The quantitative estimate of drug-likeness (QED) is 0.580. The number of pyridine rings is 1. The molecule has 3 atom stereocenters. The van der Waals surface area contributed by atoms with Gasteiger partial charge < -0.3 is 0 Å². The monoisotopic (exact) mass is 520 g/mol. The molecule has 4 rings (SSSR count). The number of hydrogen-bond donors (Lipinski definition) is 2. The van der Waals surface area contributed by atoms with E-state index in [4.69, 9.17) is 5.14 Å². The Bertz CT molecular complexity index is 1090. The molecular formula is C21H27Cl2FN4O2S2. The molecule has 2 heterocycles. The molecule has 3 N–H and O–H groups in total. The van der Waals surface area contributed by atoms with Gasteiger partial charge in [0.2, 0.25) is 10.0 Å². The van der Waals surface area contributed by atoms with Crippen LogP contribution in [0.2, 0.25) is 0 Å². The lowest BCUT2D eigenvalue weighted by atomic mass is 9.86. The fraction of sp³-hybridized carbons (Fsp3) is 0.333. The van der Waals surface area contributed by atoms with E-state index in [0.717, 1.165) is 36.7 Å². The van der Waals surface area contributed by atoms with Crippen molar-refractivity contribution in [3.05, 3.63) is 65.6 Å². The topological polar surface area (TPSA) is 97.4 Å². The molecule has 3 unspecified atom stereocenters. The smallest absolute Gasteiger partial charge is 0.243 e. The van der Waals surface area contributed by atoms with Crippen molar-refractivity contribution in [2.24, 2.45) is 16.0 Å². The Kier molecular flexibility index (Phi) is 9.27. The normalized spacial score (nSPS) is 26.9. The molecule has 0 bridgehead atoms. The van der Waals surface area contributed by atoms with Gasteiger partial charge >= 0.3 is 0 Å². The Hall–Kier alpha value is -1.49. The molecule has 2 aliphatic rings. The Labute approximate surface area is 202 Å². The molecule has 1 aromatic carbocycles. The van der Waals surface area contributed by atoms with Gasteiger partial charge in [0.25, 0.3) is 0 Å². The summed E-state index contributed by atoms with van der Waals surface area (Å²) in [5.41, 5.74) is 3.33. The van der Waals surface area contributed by atoms with Crippen LogP contribution in [0.4, 0.5) is 4.39 Å². The number of benzene rings is 1. The van der Waals surface area contributed by atoms with E-state index in [0.29, 0.717) is 12.2 Å². The SMILES string of the molecule is Cl.Cl.NS1(CC2CCCCC2NS(=O)(=O)c2ccccc2F)C=NC(c2ccccn2)=C1. The zero-order valence-electron chi connectivity index (χ0n) is 17.3. The summed E-state index contributed by atoms with van der Waals surface area (Å²) in [6.45, 7) is 0. The second-order valence-electron chi connectivity index (χ2n) is 7.73. The summed E-state index contributed by atoms with van der Waals surface area (Å²) >= 11 is 0. The summed E-state index contributed by atoms with van der Waals surface area (Å²) < 4.78 is 42.4. The van der Waals surface area contributed by atoms with Crippen molar-refractivity contribution in [1.82, 2.24) is 9.71 Å². The standard InChI is InChI=1S/C21H25FN4O2S2.2ClH/c22-17-8-2-4-11-21(17)30(27,28)26-18-9-3-1-7-16(18)13-29(23)14-20(25-15-29)19-10-5-6-12-24-19;;/h2,4-6,8,10-12,14-16,18,26H,1,3,7,9,13,23H2;2*1H. The highest BCUT2D eigenvalue weighted by atomic mass is 35.5. The number of hydrogen-bond acceptors (Lipinski definition) is 5. The molecule has 6 nitrogen and oxygen atoms in total. The van der Waals surface area contributed by atoms with Crippen molar-refractivity contribution in [2.45, 2.75) is 36.6 Å². The number of aromatic nitrogens is 1. The summed E-state index contributed by atoms with van der Waals surface area (Å²) in [6.07, 6.45) is 5.24. The minimum Gasteiger partial charge on any atom is -0.287 e. The first-order valence-electron chi connectivity index (χ1n) is 9.89. The van der Waals surface area contributed by atoms with E-state index >= 15 is 0 Å². The zero-order chi connectivity index (χ0) is 21.2. The van der Waals surface area contributed by atoms with Crippen molar-refractivity contribution >= 4 is 56.3 Å². The second-order valence-corrected chi connectivity index (χ2v) is 12.0. The van der Waals surface area contributed by atoms with Crippen molar-refractivity contribution in [1.29, 1.82) is 0 Å². The first-order valence-corrected chi connectivity index (χ1v) is 13.4. The average molecular weight is 522 g/mol. The lowest BCUT2D eigenvalue weighted by Crippen LogP contribution is -2.44. The van der Waals surface area contributed by atoms with Gasteiger partial charge in [-0.15, -0.1) is 35.0 Å². The minimum atomic E-state index is -3.95. The van der Waals surface area contributed by atoms with Crippen LogP contribution in [0.5, 0.6) is 0 Å². The average Bonchev–Trinajstić information content (AvgIpc) is 3.12. The van der Waals surface area contributed by atoms with Gasteiger partial charge in [0, 0.05) is 18.0 Å². The van der Waals surface area contributed by atoms with Gasteiger partial charge in [-0.25, -0.2) is 22.5 Å². The summed E-state index contributed by atoms with van der Waals surface area (Å²) in [5.74, 6) is -0.0488. The van der Waals surface area contributed by atoms with Crippen LogP contribution < -0.4 is 9.86 Å². The highest BCUT2D eigenvalue weighted by molar-refractivity contribution is 8.44. The molecule has 1 aliphatic carbocycles. The van der Waals surface area contributed by atoms with Gasteiger partial charge in [-0.05, 0) is 48.4 Å².